The Balaban J connectivity index is 1.60. The molecule has 2 aliphatic heterocycles. The Labute approximate surface area is 134 Å². The first-order valence-corrected chi connectivity index (χ1v) is 7.87. The molecule has 1 aromatic carbocycles. The van der Waals surface area contributed by atoms with Gasteiger partial charge in [-0.25, -0.2) is 5.01 Å². The van der Waals surface area contributed by atoms with E-state index in [1.165, 1.54) is 5.01 Å². The molecule has 0 aromatic heterocycles. The number of nitrogens with one attached hydrogen (secondary N) is 3. The van der Waals surface area contributed by atoms with E-state index in [0.717, 1.165) is 19.4 Å². The van der Waals surface area contributed by atoms with E-state index in [4.69, 9.17) is 0 Å². The second kappa shape index (κ2) is 6.78. The summed E-state index contributed by atoms with van der Waals surface area (Å²) in [6, 6.07) is 6.97. The van der Waals surface area contributed by atoms with E-state index in [9.17, 15) is 14.4 Å². The summed E-state index contributed by atoms with van der Waals surface area (Å²) in [5.74, 6) is -0.483. The summed E-state index contributed by atoms with van der Waals surface area (Å²) >= 11 is 0. The molecule has 3 amide bonds. The number of anilines is 1. The number of carbonyl (C=O) groups is 3. The lowest BCUT2D eigenvalue weighted by atomic mass is 10.1. The Morgan fingerprint density at radius 2 is 2.00 bits per heavy atom. The van der Waals surface area contributed by atoms with E-state index in [0.29, 0.717) is 23.8 Å². The molecule has 0 saturated carbocycles. The van der Waals surface area contributed by atoms with Gasteiger partial charge in [0.05, 0.1) is 5.69 Å². The van der Waals surface area contributed by atoms with Gasteiger partial charge >= 0.3 is 0 Å². The zero-order valence-electron chi connectivity index (χ0n) is 12.8. The molecule has 122 valence electrons. The Kier molecular flexibility index (Phi) is 4.57. The molecular formula is C16H20N4O3. The van der Waals surface area contributed by atoms with Gasteiger partial charge in [0, 0.05) is 31.0 Å². The minimum absolute atomic E-state index is 0.140. The molecule has 23 heavy (non-hydrogen) atoms. The van der Waals surface area contributed by atoms with Crippen molar-refractivity contribution in [1.82, 2.24) is 16.1 Å². The first-order chi connectivity index (χ1) is 11.1. The van der Waals surface area contributed by atoms with Crippen LogP contribution in [0, 0.1) is 0 Å². The lowest BCUT2D eigenvalue weighted by molar-refractivity contribution is -0.130. The molecular weight excluding hydrogens is 296 g/mol. The van der Waals surface area contributed by atoms with Crippen molar-refractivity contribution < 1.29 is 14.4 Å². The first-order valence-electron chi connectivity index (χ1n) is 7.87. The molecule has 7 nitrogen and oxygen atoms in total. The third kappa shape index (κ3) is 3.68. The van der Waals surface area contributed by atoms with Crippen molar-refractivity contribution in [2.75, 3.05) is 18.1 Å². The Morgan fingerprint density at radius 1 is 1.22 bits per heavy atom. The molecule has 1 aromatic rings. The van der Waals surface area contributed by atoms with Gasteiger partial charge in [-0.2, -0.15) is 0 Å². The number of hydrogen-bond acceptors (Lipinski definition) is 4. The predicted molar refractivity (Wildman–Crippen MR) is 84.7 cm³/mol. The topological polar surface area (TPSA) is 90.5 Å². The fraction of sp³-hybridized carbons (Fsp3) is 0.438. The maximum atomic E-state index is 12.1. The molecule has 0 aliphatic carbocycles. The van der Waals surface area contributed by atoms with E-state index >= 15 is 0 Å². The third-order valence-electron chi connectivity index (χ3n) is 4.11. The minimum atomic E-state index is -0.185. The lowest BCUT2D eigenvalue weighted by Crippen LogP contribution is -2.50. The van der Waals surface area contributed by atoms with Gasteiger partial charge in [0.1, 0.15) is 0 Å². The molecule has 7 heteroatoms. The van der Waals surface area contributed by atoms with Crippen molar-refractivity contribution in [3.05, 3.63) is 29.8 Å². The van der Waals surface area contributed by atoms with E-state index in [1.807, 2.05) is 0 Å². The van der Waals surface area contributed by atoms with Crippen LogP contribution in [0.15, 0.2) is 24.3 Å². The summed E-state index contributed by atoms with van der Waals surface area (Å²) in [5, 5.41) is 7.46. The summed E-state index contributed by atoms with van der Waals surface area (Å²) in [6.45, 7) is 1.62. The van der Waals surface area contributed by atoms with Crippen LogP contribution in [0.3, 0.4) is 0 Å². The number of rotatable bonds is 4. The van der Waals surface area contributed by atoms with E-state index in [2.05, 4.69) is 16.1 Å². The number of hydrogen-bond donors (Lipinski definition) is 3. The quantitative estimate of drug-likeness (QED) is 0.746. The molecule has 1 atom stereocenters. The van der Waals surface area contributed by atoms with Crippen molar-refractivity contribution >= 4 is 23.4 Å². The normalized spacial score (nSPS) is 21.2. The van der Waals surface area contributed by atoms with Crippen LogP contribution in [0.1, 0.15) is 36.0 Å². The van der Waals surface area contributed by atoms with Gasteiger partial charge in [0.2, 0.25) is 11.8 Å². The van der Waals surface area contributed by atoms with Gasteiger partial charge in [-0.3, -0.25) is 19.8 Å². The highest BCUT2D eigenvalue weighted by molar-refractivity contribution is 6.01. The van der Waals surface area contributed by atoms with E-state index in [-0.39, 0.29) is 30.6 Å². The Hall–Kier alpha value is -2.41. The number of carbonyl (C=O) groups excluding carboxylic acids is 3. The molecule has 2 heterocycles. The van der Waals surface area contributed by atoms with Crippen molar-refractivity contribution in [2.45, 2.75) is 31.7 Å². The summed E-state index contributed by atoms with van der Waals surface area (Å²) in [7, 11) is 0. The van der Waals surface area contributed by atoms with Crippen LogP contribution in [0.4, 0.5) is 5.69 Å². The monoisotopic (exact) mass is 316 g/mol. The summed E-state index contributed by atoms with van der Waals surface area (Å²) in [5.41, 5.74) is 3.61. The van der Waals surface area contributed by atoms with Gasteiger partial charge in [-0.1, -0.05) is 0 Å². The number of hydrazine groups is 1. The molecule has 0 bridgehead atoms. The summed E-state index contributed by atoms with van der Waals surface area (Å²) in [4.78, 5) is 35.4. The minimum Gasteiger partial charge on any atom is -0.350 e. The van der Waals surface area contributed by atoms with Crippen LogP contribution in [-0.4, -0.2) is 36.9 Å². The largest absolute Gasteiger partial charge is 0.350 e. The van der Waals surface area contributed by atoms with E-state index < -0.39 is 0 Å². The molecule has 1 unspecified atom stereocenters. The van der Waals surface area contributed by atoms with Crippen molar-refractivity contribution in [3.8, 4) is 0 Å². The van der Waals surface area contributed by atoms with Gasteiger partial charge < -0.3 is 10.6 Å². The SMILES string of the molecule is O=C1CCC(=O)N(c2ccc(C(=O)NCC3CCCN3)cc2)N1. The molecule has 0 spiro atoms. The molecule has 3 rings (SSSR count). The fourth-order valence-electron chi connectivity index (χ4n) is 2.79. The zero-order chi connectivity index (χ0) is 16.2. The van der Waals surface area contributed by atoms with Crippen LogP contribution in [-0.2, 0) is 9.59 Å². The highest BCUT2D eigenvalue weighted by atomic mass is 16.2. The summed E-state index contributed by atoms with van der Waals surface area (Å²) in [6.07, 6.45) is 2.63. The van der Waals surface area contributed by atoms with Crippen LogP contribution in [0.2, 0.25) is 0 Å². The van der Waals surface area contributed by atoms with Crippen LogP contribution >= 0.6 is 0 Å². The average Bonchev–Trinajstić information content (AvgIpc) is 3.08. The van der Waals surface area contributed by atoms with Crippen LogP contribution < -0.4 is 21.1 Å². The third-order valence-corrected chi connectivity index (χ3v) is 4.11. The van der Waals surface area contributed by atoms with Gasteiger partial charge in [0.25, 0.3) is 5.91 Å². The van der Waals surface area contributed by atoms with Crippen LogP contribution in [0.5, 0.6) is 0 Å². The maximum Gasteiger partial charge on any atom is 0.251 e. The summed E-state index contributed by atoms with van der Waals surface area (Å²) < 4.78 is 0. The van der Waals surface area contributed by atoms with Crippen molar-refractivity contribution in [1.29, 1.82) is 0 Å². The second-order valence-corrected chi connectivity index (χ2v) is 5.81. The maximum absolute atomic E-state index is 12.1. The van der Waals surface area contributed by atoms with E-state index in [1.54, 1.807) is 24.3 Å². The molecule has 2 fully saturated rings. The smallest absolute Gasteiger partial charge is 0.251 e. The second-order valence-electron chi connectivity index (χ2n) is 5.81. The predicted octanol–water partition coefficient (Wildman–Crippen LogP) is 0.326. The molecule has 0 radical (unpaired) electrons. The molecule has 2 saturated heterocycles. The first kappa shape index (κ1) is 15.5. The van der Waals surface area contributed by atoms with Gasteiger partial charge in [-0.15, -0.1) is 0 Å². The van der Waals surface area contributed by atoms with Gasteiger partial charge in [-0.05, 0) is 43.7 Å². The number of nitrogens with zero attached hydrogens (tertiary/aromatic N) is 1. The molecule has 3 N–H and O–H groups in total. The standard InChI is InChI=1S/C16H20N4O3/c21-14-7-8-15(22)20(19-14)13-5-3-11(4-6-13)16(23)18-10-12-2-1-9-17-12/h3-6,12,17H,1-2,7-10H2,(H,18,23)(H,19,21). The van der Waals surface area contributed by atoms with Crippen molar-refractivity contribution in [2.24, 2.45) is 0 Å². The fourth-order valence-corrected chi connectivity index (χ4v) is 2.79. The Bertz CT molecular complexity index is 608. The van der Waals surface area contributed by atoms with Gasteiger partial charge in [0.15, 0.2) is 0 Å². The lowest BCUT2D eigenvalue weighted by Gasteiger charge is -2.27. The number of amides is 3. The van der Waals surface area contributed by atoms with Crippen LogP contribution in [0.25, 0.3) is 0 Å². The van der Waals surface area contributed by atoms with Crippen molar-refractivity contribution in [3.63, 3.8) is 0 Å². The molecule has 2 aliphatic rings. The number of benzene rings is 1. The average molecular weight is 316 g/mol. The Morgan fingerprint density at radius 3 is 2.70 bits per heavy atom. The highest BCUT2D eigenvalue weighted by Crippen LogP contribution is 2.17. The zero-order valence-corrected chi connectivity index (χ0v) is 12.8. The highest BCUT2D eigenvalue weighted by Gasteiger charge is 2.24.